The quantitative estimate of drug-likeness (QED) is 0.635. The minimum absolute atomic E-state index is 0.0615. The Hall–Kier alpha value is -1.94. The molecular weight excluding hydrogens is 268 g/mol. The topological polar surface area (TPSA) is 33.2 Å². The molecule has 0 spiro atoms. The predicted octanol–water partition coefficient (Wildman–Crippen LogP) is 3.73. The summed E-state index contributed by atoms with van der Waals surface area (Å²) in [5.41, 5.74) is 1.33. The van der Waals surface area contributed by atoms with Crippen molar-refractivity contribution in [3.05, 3.63) is 59.1 Å². The smallest absolute Gasteiger partial charge is 0.239 e. The monoisotopic (exact) mass is 284 g/mol. The first-order valence-corrected chi connectivity index (χ1v) is 7.40. The van der Waals surface area contributed by atoms with Gasteiger partial charge < -0.3 is 4.90 Å². The Morgan fingerprint density at radius 3 is 2.65 bits per heavy atom. The van der Waals surface area contributed by atoms with Crippen molar-refractivity contribution in [1.82, 2.24) is 4.98 Å². The summed E-state index contributed by atoms with van der Waals surface area (Å²) in [6.45, 7) is 7.75. The molecule has 3 nitrogen and oxygen atoms in total. The third-order valence-corrected chi connectivity index (χ3v) is 4.85. The first-order valence-electron chi connectivity index (χ1n) is 6.52. The summed E-state index contributed by atoms with van der Waals surface area (Å²) in [6, 6.07) is 9.67. The first-order chi connectivity index (χ1) is 9.58. The number of carbonyl (C=O) groups is 1. The van der Waals surface area contributed by atoms with Crippen molar-refractivity contribution in [3.8, 4) is 0 Å². The van der Waals surface area contributed by atoms with E-state index < -0.39 is 5.41 Å². The maximum atomic E-state index is 12.5. The SMILES string of the molecule is C=C[C@@]1(C)C(=O)N(c2ccccc2)[C@H]1c1nc(C)cs1. The van der Waals surface area contributed by atoms with E-state index in [-0.39, 0.29) is 11.9 Å². The summed E-state index contributed by atoms with van der Waals surface area (Å²) < 4.78 is 0. The van der Waals surface area contributed by atoms with Gasteiger partial charge in [-0.1, -0.05) is 24.3 Å². The van der Waals surface area contributed by atoms with Crippen LogP contribution in [0.25, 0.3) is 0 Å². The van der Waals surface area contributed by atoms with Crippen molar-refractivity contribution < 1.29 is 4.79 Å². The van der Waals surface area contributed by atoms with Crippen molar-refractivity contribution in [3.63, 3.8) is 0 Å². The summed E-state index contributed by atoms with van der Waals surface area (Å²) >= 11 is 1.60. The Balaban J connectivity index is 2.06. The Labute approximate surface area is 122 Å². The van der Waals surface area contributed by atoms with Gasteiger partial charge in [-0.25, -0.2) is 4.98 Å². The molecule has 1 aromatic carbocycles. The Bertz CT molecular complexity index is 664. The lowest BCUT2D eigenvalue weighted by Gasteiger charge is -2.52. The molecule has 1 saturated heterocycles. The minimum atomic E-state index is -0.569. The van der Waals surface area contributed by atoms with Gasteiger partial charge in [0, 0.05) is 16.8 Å². The average molecular weight is 284 g/mol. The molecule has 1 amide bonds. The van der Waals surface area contributed by atoms with Crippen LogP contribution in [0.3, 0.4) is 0 Å². The van der Waals surface area contributed by atoms with Crippen LogP contribution in [0.5, 0.6) is 0 Å². The van der Waals surface area contributed by atoms with Crippen LogP contribution in [0.4, 0.5) is 5.69 Å². The van der Waals surface area contributed by atoms with Gasteiger partial charge in [0.05, 0.1) is 5.41 Å². The molecule has 0 N–H and O–H groups in total. The molecule has 4 heteroatoms. The van der Waals surface area contributed by atoms with E-state index in [0.717, 1.165) is 16.4 Å². The predicted molar refractivity (Wildman–Crippen MR) is 81.8 cm³/mol. The summed E-state index contributed by atoms with van der Waals surface area (Å²) in [5, 5.41) is 2.98. The number of β-lactam (4-membered cyclic amide) rings is 1. The number of benzene rings is 1. The molecule has 102 valence electrons. The molecule has 2 heterocycles. The molecular formula is C16H16N2OS. The van der Waals surface area contributed by atoms with Crippen molar-refractivity contribution in [1.29, 1.82) is 0 Å². The number of para-hydroxylation sites is 1. The van der Waals surface area contributed by atoms with Crippen molar-refractivity contribution in [2.45, 2.75) is 19.9 Å². The zero-order valence-electron chi connectivity index (χ0n) is 11.5. The molecule has 2 aromatic rings. The second kappa shape index (κ2) is 4.56. The number of aromatic nitrogens is 1. The number of thiazole rings is 1. The van der Waals surface area contributed by atoms with Crippen LogP contribution >= 0.6 is 11.3 Å². The molecule has 0 bridgehead atoms. The van der Waals surface area contributed by atoms with Crippen LogP contribution in [-0.2, 0) is 4.79 Å². The van der Waals surface area contributed by atoms with Crippen LogP contribution in [-0.4, -0.2) is 10.9 Å². The number of anilines is 1. The van der Waals surface area contributed by atoms with E-state index in [1.54, 1.807) is 17.4 Å². The molecule has 2 atom stereocenters. The number of rotatable bonds is 3. The van der Waals surface area contributed by atoms with Gasteiger partial charge in [-0.15, -0.1) is 17.9 Å². The molecule has 0 aliphatic carbocycles. The fourth-order valence-electron chi connectivity index (χ4n) is 2.61. The maximum absolute atomic E-state index is 12.5. The van der Waals surface area contributed by atoms with E-state index in [4.69, 9.17) is 0 Å². The molecule has 0 saturated carbocycles. The zero-order valence-corrected chi connectivity index (χ0v) is 12.4. The number of hydrogen-bond acceptors (Lipinski definition) is 3. The lowest BCUT2D eigenvalue weighted by atomic mass is 9.72. The zero-order chi connectivity index (χ0) is 14.3. The normalized spacial score (nSPS) is 25.4. The first kappa shape index (κ1) is 13.1. The molecule has 0 radical (unpaired) electrons. The third-order valence-electron chi connectivity index (χ3n) is 3.83. The van der Waals surface area contributed by atoms with Gasteiger partial charge >= 0.3 is 0 Å². The van der Waals surface area contributed by atoms with E-state index in [0.29, 0.717) is 0 Å². The average Bonchev–Trinajstić information content (AvgIpc) is 2.89. The van der Waals surface area contributed by atoms with Gasteiger partial charge in [0.2, 0.25) is 5.91 Å². The van der Waals surface area contributed by atoms with E-state index in [2.05, 4.69) is 11.6 Å². The summed E-state index contributed by atoms with van der Waals surface area (Å²) in [5.74, 6) is 0.0801. The molecule has 3 rings (SSSR count). The van der Waals surface area contributed by atoms with Crippen LogP contribution in [0, 0.1) is 12.3 Å². The Morgan fingerprint density at radius 2 is 2.10 bits per heavy atom. The van der Waals surface area contributed by atoms with Gasteiger partial charge in [0.15, 0.2) is 0 Å². The largest absolute Gasteiger partial charge is 0.300 e. The number of nitrogens with zero attached hydrogens (tertiary/aromatic N) is 2. The summed E-state index contributed by atoms with van der Waals surface area (Å²) in [4.78, 5) is 18.9. The van der Waals surface area contributed by atoms with Crippen LogP contribution < -0.4 is 4.90 Å². The number of hydrogen-bond donors (Lipinski definition) is 0. The van der Waals surface area contributed by atoms with Gasteiger partial charge in [-0.3, -0.25) is 4.79 Å². The minimum Gasteiger partial charge on any atom is -0.300 e. The Kier molecular flexibility index (Phi) is 2.98. The summed E-state index contributed by atoms with van der Waals surface area (Å²) in [6.07, 6.45) is 1.75. The van der Waals surface area contributed by atoms with Gasteiger partial charge in [-0.05, 0) is 26.0 Å². The highest BCUT2D eigenvalue weighted by molar-refractivity contribution is 7.09. The van der Waals surface area contributed by atoms with Crippen LogP contribution in [0.2, 0.25) is 0 Å². The summed E-state index contributed by atoms with van der Waals surface area (Å²) in [7, 11) is 0. The highest BCUT2D eigenvalue weighted by Crippen LogP contribution is 2.53. The van der Waals surface area contributed by atoms with E-state index in [1.807, 2.05) is 54.5 Å². The van der Waals surface area contributed by atoms with Gasteiger partial charge in [0.25, 0.3) is 0 Å². The van der Waals surface area contributed by atoms with Crippen LogP contribution in [0.1, 0.15) is 23.7 Å². The maximum Gasteiger partial charge on any atom is 0.239 e. The fraction of sp³-hybridized carbons (Fsp3) is 0.250. The standard InChI is InChI=1S/C16H16N2OS/c1-4-16(3)13(14-17-11(2)10-20-14)18(15(16)19)12-8-6-5-7-9-12/h4-10,13H,1H2,2-3H3/t13-,16+/m0/s1. The van der Waals surface area contributed by atoms with Gasteiger partial charge in [0.1, 0.15) is 11.0 Å². The second-order valence-corrected chi connectivity index (χ2v) is 6.12. The number of amides is 1. The molecule has 1 aliphatic rings. The second-order valence-electron chi connectivity index (χ2n) is 5.23. The van der Waals surface area contributed by atoms with E-state index in [9.17, 15) is 4.79 Å². The number of aryl methyl sites for hydroxylation is 1. The highest BCUT2D eigenvalue weighted by Gasteiger charge is 2.58. The van der Waals surface area contributed by atoms with E-state index in [1.165, 1.54) is 0 Å². The lowest BCUT2D eigenvalue weighted by molar-refractivity contribution is -0.134. The van der Waals surface area contributed by atoms with Crippen molar-refractivity contribution in [2.24, 2.45) is 5.41 Å². The lowest BCUT2D eigenvalue weighted by Crippen LogP contribution is -2.61. The highest BCUT2D eigenvalue weighted by atomic mass is 32.1. The molecule has 1 aromatic heterocycles. The molecule has 1 fully saturated rings. The molecule has 1 aliphatic heterocycles. The molecule has 20 heavy (non-hydrogen) atoms. The third kappa shape index (κ3) is 1.72. The molecule has 0 unspecified atom stereocenters. The number of carbonyl (C=O) groups excluding carboxylic acids is 1. The fourth-order valence-corrected chi connectivity index (χ4v) is 3.63. The van der Waals surface area contributed by atoms with Gasteiger partial charge in [-0.2, -0.15) is 0 Å². The van der Waals surface area contributed by atoms with Crippen molar-refractivity contribution >= 4 is 22.9 Å². The van der Waals surface area contributed by atoms with Crippen molar-refractivity contribution in [2.75, 3.05) is 4.90 Å². The van der Waals surface area contributed by atoms with E-state index >= 15 is 0 Å². The Morgan fingerprint density at radius 1 is 1.40 bits per heavy atom. The van der Waals surface area contributed by atoms with Crippen LogP contribution in [0.15, 0.2) is 48.4 Å².